The second-order valence-corrected chi connectivity index (χ2v) is 8.12. The van der Waals surface area contributed by atoms with Crippen molar-refractivity contribution in [3.63, 3.8) is 0 Å². The van der Waals surface area contributed by atoms with E-state index in [-0.39, 0.29) is 12.5 Å². The zero-order valence-electron chi connectivity index (χ0n) is 17.8. The normalized spacial score (nSPS) is 16.3. The number of carbonyl (C=O) groups excluding carboxylic acids is 2. The maximum Gasteiger partial charge on any atom is 0.411 e. The zero-order chi connectivity index (χ0) is 22.7. The van der Waals surface area contributed by atoms with Crippen LogP contribution in [0.1, 0.15) is 23.7 Å². The molecule has 3 aromatic rings. The average Bonchev–Trinajstić information content (AvgIpc) is 2.82. The third-order valence-electron chi connectivity index (χ3n) is 5.45. The molecule has 1 fully saturated rings. The third kappa shape index (κ3) is 4.54. The van der Waals surface area contributed by atoms with Crippen LogP contribution in [0.25, 0.3) is 22.2 Å². The highest BCUT2D eigenvalue weighted by atomic mass is 35.5. The van der Waals surface area contributed by atoms with E-state index < -0.39 is 12.3 Å². The van der Waals surface area contributed by atoms with Gasteiger partial charge in [-0.15, -0.1) is 0 Å². The highest BCUT2D eigenvalue weighted by Gasteiger charge is 2.31. The molecule has 166 valence electrons. The van der Waals surface area contributed by atoms with Crippen molar-refractivity contribution in [1.82, 2.24) is 14.8 Å². The third-order valence-corrected chi connectivity index (χ3v) is 5.76. The lowest BCUT2D eigenvalue weighted by atomic mass is 10.1. The minimum Gasteiger partial charge on any atom is -0.449 e. The quantitative estimate of drug-likeness (QED) is 0.642. The van der Waals surface area contributed by atoms with Crippen LogP contribution in [0.3, 0.4) is 0 Å². The number of fused-ring (bicyclic) bond motifs is 1. The Morgan fingerprint density at radius 2 is 1.94 bits per heavy atom. The Bertz CT molecular complexity index is 1140. The first-order valence-electron chi connectivity index (χ1n) is 10.6. The van der Waals surface area contributed by atoms with E-state index in [1.54, 1.807) is 17.0 Å². The van der Waals surface area contributed by atoms with E-state index in [1.165, 1.54) is 4.90 Å². The van der Waals surface area contributed by atoms with Crippen molar-refractivity contribution in [1.29, 1.82) is 0 Å². The number of halogens is 1. The Kier molecular flexibility index (Phi) is 6.58. The van der Waals surface area contributed by atoms with Crippen LogP contribution in [0.4, 0.5) is 4.79 Å². The van der Waals surface area contributed by atoms with Gasteiger partial charge in [-0.25, -0.2) is 9.78 Å². The number of ether oxygens (including phenoxy) is 1. The summed E-state index contributed by atoms with van der Waals surface area (Å²) in [6.07, 6.45) is -0.315. The van der Waals surface area contributed by atoms with Gasteiger partial charge < -0.3 is 15.4 Å². The lowest BCUT2D eigenvalue weighted by Gasteiger charge is -2.38. The summed E-state index contributed by atoms with van der Waals surface area (Å²) in [6, 6.07) is 16.9. The number of piperazine rings is 1. The fourth-order valence-electron chi connectivity index (χ4n) is 3.75. The molecule has 0 aliphatic carbocycles. The average molecular weight is 453 g/mol. The van der Waals surface area contributed by atoms with E-state index in [0.29, 0.717) is 35.8 Å². The number of aromatic nitrogens is 1. The highest BCUT2D eigenvalue weighted by molar-refractivity contribution is 6.35. The Morgan fingerprint density at radius 1 is 1.16 bits per heavy atom. The lowest BCUT2D eigenvalue weighted by molar-refractivity contribution is 0.0390. The molecular weight excluding hydrogens is 428 g/mol. The molecule has 2 aromatic carbocycles. The van der Waals surface area contributed by atoms with Crippen molar-refractivity contribution in [2.24, 2.45) is 5.73 Å². The first kappa shape index (κ1) is 22.0. The molecule has 7 nitrogen and oxygen atoms in total. The molecule has 1 aliphatic rings. The van der Waals surface area contributed by atoms with Crippen molar-refractivity contribution < 1.29 is 14.3 Å². The Hall–Kier alpha value is -3.16. The Labute approximate surface area is 191 Å². The molecule has 0 saturated carbocycles. The number of nitrogens with two attached hydrogens (primary N) is 1. The van der Waals surface area contributed by atoms with Gasteiger partial charge in [0.1, 0.15) is 6.17 Å². The molecule has 2 heterocycles. The van der Waals surface area contributed by atoms with Crippen LogP contribution < -0.4 is 5.73 Å². The molecular formula is C24H25ClN4O3. The molecule has 0 spiro atoms. The summed E-state index contributed by atoms with van der Waals surface area (Å²) in [5.41, 5.74) is 8.99. The van der Waals surface area contributed by atoms with E-state index in [9.17, 15) is 9.59 Å². The van der Waals surface area contributed by atoms with Crippen LogP contribution in [0, 0.1) is 0 Å². The van der Waals surface area contributed by atoms with Gasteiger partial charge in [-0.3, -0.25) is 9.69 Å². The van der Waals surface area contributed by atoms with Crippen molar-refractivity contribution in [2.75, 3.05) is 26.2 Å². The van der Waals surface area contributed by atoms with Crippen molar-refractivity contribution >= 4 is 34.5 Å². The van der Waals surface area contributed by atoms with Gasteiger partial charge in [-0.1, -0.05) is 54.9 Å². The van der Waals surface area contributed by atoms with Gasteiger partial charge in [0.05, 0.1) is 29.4 Å². The number of amides is 2. The molecule has 1 aliphatic heterocycles. The molecule has 2 N–H and O–H groups in total. The van der Waals surface area contributed by atoms with Crippen LogP contribution >= 0.6 is 11.6 Å². The first-order valence-corrected chi connectivity index (χ1v) is 11.0. The molecule has 1 saturated heterocycles. The summed E-state index contributed by atoms with van der Waals surface area (Å²) in [4.78, 5) is 33.1. The summed E-state index contributed by atoms with van der Waals surface area (Å²) in [5.74, 6) is -0.160. The number of nitrogens with zero attached hydrogens (tertiary/aromatic N) is 3. The van der Waals surface area contributed by atoms with E-state index in [2.05, 4.69) is 0 Å². The second kappa shape index (κ2) is 9.54. The predicted molar refractivity (Wildman–Crippen MR) is 124 cm³/mol. The molecule has 2 amide bonds. The van der Waals surface area contributed by atoms with Gasteiger partial charge >= 0.3 is 6.09 Å². The van der Waals surface area contributed by atoms with Gasteiger partial charge in [0.15, 0.2) is 0 Å². The van der Waals surface area contributed by atoms with E-state index >= 15 is 0 Å². The minimum atomic E-state index is -0.616. The molecule has 4 rings (SSSR count). The molecule has 1 atom stereocenters. The molecule has 8 heteroatoms. The molecule has 0 radical (unpaired) electrons. The maximum atomic E-state index is 13.2. The summed E-state index contributed by atoms with van der Waals surface area (Å²) in [7, 11) is 0. The fourth-order valence-corrected chi connectivity index (χ4v) is 4.01. The number of pyridine rings is 1. The number of hydrogen-bond donors (Lipinski definition) is 1. The van der Waals surface area contributed by atoms with Crippen LogP contribution in [0.2, 0.25) is 5.02 Å². The van der Waals surface area contributed by atoms with Crippen LogP contribution in [0.15, 0.2) is 54.6 Å². The topological polar surface area (TPSA) is 88.8 Å². The van der Waals surface area contributed by atoms with Crippen LogP contribution in [-0.2, 0) is 4.74 Å². The fraction of sp³-hybridized carbons (Fsp3) is 0.292. The largest absolute Gasteiger partial charge is 0.449 e. The van der Waals surface area contributed by atoms with Gasteiger partial charge in [0, 0.05) is 29.6 Å². The lowest BCUT2D eigenvalue weighted by Crippen LogP contribution is -2.60. The predicted octanol–water partition coefficient (Wildman–Crippen LogP) is 4.14. The minimum absolute atomic E-state index is 0.160. The Balaban J connectivity index is 1.54. The summed E-state index contributed by atoms with van der Waals surface area (Å²) in [6.45, 7) is 3.21. The van der Waals surface area contributed by atoms with Gasteiger partial charge in [-0.2, -0.15) is 0 Å². The smallest absolute Gasteiger partial charge is 0.411 e. The van der Waals surface area contributed by atoms with Crippen molar-refractivity contribution in [3.05, 3.63) is 65.2 Å². The van der Waals surface area contributed by atoms with Crippen molar-refractivity contribution in [2.45, 2.75) is 19.5 Å². The molecule has 0 bridgehead atoms. The number of carbonyl (C=O) groups is 2. The highest BCUT2D eigenvalue weighted by Crippen LogP contribution is 2.29. The molecule has 1 aromatic heterocycles. The van der Waals surface area contributed by atoms with Crippen LogP contribution in [0.5, 0.6) is 0 Å². The summed E-state index contributed by atoms with van der Waals surface area (Å²) in [5, 5.41) is 1.36. The SMILES string of the molecule is CCCOC(=O)N1CCN(C(=O)c2ccc3c(Cl)cc(-c4ccccc4)nc3c2)C[C@H]1N. The van der Waals surface area contributed by atoms with E-state index in [1.807, 2.05) is 49.4 Å². The number of hydrogen-bond acceptors (Lipinski definition) is 5. The first-order chi connectivity index (χ1) is 15.5. The number of rotatable bonds is 4. The second-order valence-electron chi connectivity index (χ2n) is 7.71. The molecule has 0 unspecified atom stereocenters. The standard InChI is InChI=1S/C24H25ClN4O3/c1-2-12-32-24(31)29-11-10-28(15-22(29)26)23(30)17-8-9-18-19(25)14-20(27-21(18)13-17)16-6-4-3-5-7-16/h3-9,13-14,22H,2,10-12,15,26H2,1H3/t22-/m0/s1. The van der Waals surface area contributed by atoms with E-state index in [0.717, 1.165) is 23.1 Å². The number of benzene rings is 2. The van der Waals surface area contributed by atoms with Gasteiger partial charge in [0.25, 0.3) is 5.91 Å². The van der Waals surface area contributed by atoms with Crippen molar-refractivity contribution in [3.8, 4) is 11.3 Å². The van der Waals surface area contributed by atoms with Gasteiger partial charge in [-0.05, 0) is 24.6 Å². The van der Waals surface area contributed by atoms with Crippen LogP contribution in [-0.4, -0.2) is 59.2 Å². The van der Waals surface area contributed by atoms with Gasteiger partial charge in [0.2, 0.25) is 0 Å². The molecule has 32 heavy (non-hydrogen) atoms. The summed E-state index contributed by atoms with van der Waals surface area (Å²) < 4.78 is 5.17. The Morgan fingerprint density at radius 3 is 2.66 bits per heavy atom. The van der Waals surface area contributed by atoms with E-state index in [4.69, 9.17) is 27.1 Å². The maximum absolute atomic E-state index is 13.2. The summed E-state index contributed by atoms with van der Waals surface area (Å²) >= 11 is 6.49. The zero-order valence-corrected chi connectivity index (χ0v) is 18.6. The monoisotopic (exact) mass is 452 g/mol.